The van der Waals surface area contributed by atoms with Crippen molar-refractivity contribution in [2.75, 3.05) is 0 Å². The van der Waals surface area contributed by atoms with Crippen LogP contribution in [-0.2, 0) is 4.79 Å². The Morgan fingerprint density at radius 1 is 1.33 bits per heavy atom. The summed E-state index contributed by atoms with van der Waals surface area (Å²) in [6.45, 7) is 3.61. The molecule has 1 heterocycles. The number of fused-ring (bicyclic) bond motifs is 1. The van der Waals surface area contributed by atoms with E-state index in [-0.39, 0.29) is 11.8 Å². The molecule has 0 aromatic heterocycles. The van der Waals surface area contributed by atoms with Gasteiger partial charge in [-0.1, -0.05) is 19.3 Å². The van der Waals surface area contributed by atoms with Crippen LogP contribution in [0.4, 0.5) is 0 Å². The van der Waals surface area contributed by atoms with Gasteiger partial charge in [0, 0.05) is 11.5 Å². The van der Waals surface area contributed by atoms with Crippen LogP contribution in [-0.4, -0.2) is 22.7 Å². The lowest BCUT2D eigenvalue weighted by Crippen LogP contribution is -2.54. The van der Waals surface area contributed by atoms with E-state index in [1.807, 2.05) is 0 Å². The van der Waals surface area contributed by atoms with E-state index in [1.165, 1.54) is 6.42 Å². The first kappa shape index (κ1) is 16.8. The fourth-order valence-corrected chi connectivity index (χ4v) is 3.66. The van der Waals surface area contributed by atoms with Crippen molar-refractivity contribution < 1.29 is 14.6 Å². The third-order valence-corrected chi connectivity index (χ3v) is 5.15. The minimum absolute atomic E-state index is 0.00948. The Morgan fingerprint density at radius 2 is 2.04 bits per heavy atom. The number of hydrogen-bond acceptors (Lipinski definition) is 4. The van der Waals surface area contributed by atoms with Crippen molar-refractivity contribution in [3.63, 3.8) is 0 Å². The molecule has 0 radical (unpaired) electrons. The first-order valence-corrected chi connectivity index (χ1v) is 8.64. The summed E-state index contributed by atoms with van der Waals surface area (Å²) < 4.78 is 5.88. The molecule has 2 atom stereocenters. The number of hydrogen-bond donors (Lipinski definition) is 2. The van der Waals surface area contributed by atoms with Crippen molar-refractivity contribution in [1.29, 1.82) is 5.26 Å². The van der Waals surface area contributed by atoms with Gasteiger partial charge in [-0.2, -0.15) is 5.26 Å². The number of nitrogens with one attached hydrogen (secondary N) is 1. The van der Waals surface area contributed by atoms with Crippen molar-refractivity contribution >= 4 is 5.91 Å². The quantitative estimate of drug-likeness (QED) is 0.874. The molecule has 2 N–H and O–H groups in total. The number of ether oxygens (including phenoxy) is 1. The molecule has 5 nitrogen and oxygen atoms in total. The summed E-state index contributed by atoms with van der Waals surface area (Å²) in [6.07, 6.45) is 4.26. The third-order valence-electron chi connectivity index (χ3n) is 5.15. The minimum Gasteiger partial charge on any atom is -0.485 e. The molecule has 1 amide bonds. The number of nitriles is 1. The normalized spacial score (nSPS) is 25.9. The lowest BCUT2D eigenvalue weighted by Gasteiger charge is -2.42. The van der Waals surface area contributed by atoms with E-state index in [9.17, 15) is 9.90 Å². The van der Waals surface area contributed by atoms with Gasteiger partial charge in [0.2, 0.25) is 5.91 Å². The number of aliphatic hydroxyl groups is 1. The van der Waals surface area contributed by atoms with Gasteiger partial charge in [-0.15, -0.1) is 0 Å². The Morgan fingerprint density at radius 3 is 2.71 bits per heavy atom. The van der Waals surface area contributed by atoms with Crippen molar-refractivity contribution in [3.05, 3.63) is 29.3 Å². The molecule has 1 aliphatic carbocycles. The zero-order chi connectivity index (χ0) is 17.3. The maximum Gasteiger partial charge on any atom is 0.223 e. The molecule has 1 saturated carbocycles. The predicted octanol–water partition coefficient (Wildman–Crippen LogP) is 2.83. The molecule has 2 aliphatic rings. The van der Waals surface area contributed by atoms with Gasteiger partial charge < -0.3 is 15.2 Å². The average molecular weight is 328 g/mol. The number of carbonyl (C=O) groups is 1. The number of aliphatic hydroxyl groups excluding tert-OH is 1. The highest BCUT2D eigenvalue weighted by Gasteiger charge is 2.44. The van der Waals surface area contributed by atoms with Crippen LogP contribution in [0.3, 0.4) is 0 Å². The number of carbonyl (C=O) groups excluding carboxylic acids is 1. The first-order chi connectivity index (χ1) is 11.4. The lowest BCUT2D eigenvalue weighted by molar-refractivity contribution is -0.130. The molecule has 1 aliphatic heterocycles. The maximum atomic E-state index is 12.7. The van der Waals surface area contributed by atoms with Crippen LogP contribution < -0.4 is 10.1 Å². The topological polar surface area (TPSA) is 82.3 Å². The molecule has 2 unspecified atom stereocenters. The van der Waals surface area contributed by atoms with E-state index in [0.717, 1.165) is 25.7 Å². The summed E-state index contributed by atoms with van der Waals surface area (Å²) in [5, 5.41) is 22.9. The highest BCUT2D eigenvalue weighted by molar-refractivity contribution is 5.79. The molecule has 0 spiro atoms. The van der Waals surface area contributed by atoms with Gasteiger partial charge >= 0.3 is 0 Å². The fourth-order valence-electron chi connectivity index (χ4n) is 3.66. The van der Waals surface area contributed by atoms with Crippen molar-refractivity contribution in [3.8, 4) is 11.8 Å². The zero-order valence-corrected chi connectivity index (χ0v) is 14.2. The van der Waals surface area contributed by atoms with Crippen LogP contribution >= 0.6 is 0 Å². The molecule has 0 saturated heterocycles. The van der Waals surface area contributed by atoms with Gasteiger partial charge in [0.15, 0.2) is 0 Å². The predicted molar refractivity (Wildman–Crippen MR) is 89.3 cm³/mol. The molecule has 1 aromatic carbocycles. The Balaban J connectivity index is 1.90. The summed E-state index contributed by atoms with van der Waals surface area (Å²) in [5.41, 5.74) is 0.345. The second-order valence-corrected chi connectivity index (χ2v) is 7.34. The van der Waals surface area contributed by atoms with Crippen LogP contribution in [0.1, 0.15) is 63.1 Å². The van der Waals surface area contributed by atoms with Gasteiger partial charge in [-0.05, 0) is 44.9 Å². The molecule has 3 rings (SSSR count). The summed E-state index contributed by atoms with van der Waals surface area (Å²) in [7, 11) is 0. The van der Waals surface area contributed by atoms with E-state index in [1.54, 1.807) is 32.0 Å². The van der Waals surface area contributed by atoms with E-state index >= 15 is 0 Å². The highest BCUT2D eigenvalue weighted by atomic mass is 16.5. The Hall–Kier alpha value is -2.06. The lowest BCUT2D eigenvalue weighted by atomic mass is 9.84. The van der Waals surface area contributed by atoms with Crippen LogP contribution in [0.2, 0.25) is 0 Å². The largest absolute Gasteiger partial charge is 0.485 e. The number of rotatable bonds is 2. The van der Waals surface area contributed by atoms with Crippen LogP contribution in [0, 0.1) is 17.2 Å². The van der Waals surface area contributed by atoms with Crippen molar-refractivity contribution in [2.24, 2.45) is 5.92 Å². The number of benzene rings is 1. The van der Waals surface area contributed by atoms with E-state index < -0.39 is 17.7 Å². The third kappa shape index (κ3) is 3.11. The van der Waals surface area contributed by atoms with Crippen molar-refractivity contribution in [1.82, 2.24) is 5.32 Å². The first-order valence-electron chi connectivity index (χ1n) is 8.64. The molecule has 1 fully saturated rings. The van der Waals surface area contributed by atoms with E-state index in [4.69, 9.17) is 10.00 Å². The second kappa shape index (κ2) is 6.45. The van der Waals surface area contributed by atoms with Gasteiger partial charge in [0.05, 0.1) is 17.7 Å². The summed E-state index contributed by atoms with van der Waals surface area (Å²) >= 11 is 0. The maximum absolute atomic E-state index is 12.7. The van der Waals surface area contributed by atoms with Crippen molar-refractivity contribution in [2.45, 2.75) is 63.7 Å². The van der Waals surface area contributed by atoms with Gasteiger partial charge in [-0.25, -0.2) is 0 Å². The smallest absolute Gasteiger partial charge is 0.223 e. The van der Waals surface area contributed by atoms with Crippen LogP contribution in [0.15, 0.2) is 18.2 Å². The van der Waals surface area contributed by atoms with E-state index in [0.29, 0.717) is 16.9 Å². The molecule has 128 valence electrons. The molecule has 0 bridgehead atoms. The van der Waals surface area contributed by atoms with E-state index in [2.05, 4.69) is 11.4 Å². The monoisotopic (exact) mass is 328 g/mol. The van der Waals surface area contributed by atoms with Gasteiger partial charge in [0.1, 0.15) is 17.5 Å². The van der Waals surface area contributed by atoms with Gasteiger partial charge in [0.25, 0.3) is 0 Å². The molecular weight excluding hydrogens is 304 g/mol. The summed E-state index contributed by atoms with van der Waals surface area (Å²) in [6, 6.07) is 6.66. The highest BCUT2D eigenvalue weighted by Crippen LogP contribution is 2.40. The summed E-state index contributed by atoms with van der Waals surface area (Å²) in [4.78, 5) is 12.7. The van der Waals surface area contributed by atoms with Gasteiger partial charge in [-0.3, -0.25) is 4.79 Å². The average Bonchev–Trinajstić information content (AvgIpc) is 2.59. The fraction of sp³-hybridized carbons (Fsp3) is 0.579. The zero-order valence-electron chi connectivity index (χ0n) is 14.2. The summed E-state index contributed by atoms with van der Waals surface area (Å²) in [5.74, 6) is 0.613. The Kier molecular flexibility index (Phi) is 4.51. The molecular formula is C19H24N2O3. The molecule has 5 heteroatoms. The standard InChI is InChI=1S/C19H24N2O3/c1-19(2)17(22)16(21-18(23)13-6-4-3-5-7-13)14-10-12(11-20)8-9-15(14)24-19/h8-10,13,16-17,22H,3-7H2,1-2H3,(H,21,23). The molecule has 24 heavy (non-hydrogen) atoms. The molecule has 1 aromatic rings. The minimum atomic E-state index is -0.883. The Labute approximate surface area is 142 Å². The SMILES string of the molecule is CC1(C)Oc2ccc(C#N)cc2C(NC(=O)C2CCCCC2)C1O. The number of nitrogens with zero attached hydrogens (tertiary/aromatic N) is 1. The number of amides is 1. The Bertz CT molecular complexity index is 672. The van der Waals surface area contributed by atoms with Crippen LogP contribution in [0.25, 0.3) is 0 Å². The van der Waals surface area contributed by atoms with Crippen LogP contribution in [0.5, 0.6) is 5.75 Å². The second-order valence-electron chi connectivity index (χ2n) is 7.34.